The van der Waals surface area contributed by atoms with Crippen molar-refractivity contribution in [3.05, 3.63) is 83.8 Å². The van der Waals surface area contributed by atoms with Crippen LogP contribution in [0, 0.1) is 12.7 Å². The molecule has 0 atom stereocenters. The first-order valence-electron chi connectivity index (χ1n) is 9.33. The summed E-state index contributed by atoms with van der Waals surface area (Å²) in [6.07, 6.45) is 1.51. The first kappa shape index (κ1) is 19.3. The Morgan fingerprint density at radius 1 is 1.03 bits per heavy atom. The Hall–Kier alpha value is -4.00. The number of hydrogen-bond donors (Lipinski definition) is 2. The first-order chi connectivity index (χ1) is 14.5. The number of benzene rings is 3. The predicted octanol–water partition coefficient (Wildman–Crippen LogP) is 5.16. The number of halogens is 1. The van der Waals surface area contributed by atoms with Gasteiger partial charge in [-0.05, 0) is 48.2 Å². The summed E-state index contributed by atoms with van der Waals surface area (Å²) < 4.78 is 20.7. The summed E-state index contributed by atoms with van der Waals surface area (Å²) in [6, 6.07) is 17.1. The third kappa shape index (κ3) is 3.91. The van der Waals surface area contributed by atoms with Gasteiger partial charge in [0.15, 0.2) is 11.6 Å². The molecule has 150 valence electrons. The lowest BCUT2D eigenvalue weighted by Gasteiger charge is -2.12. The molecule has 4 aromatic rings. The quantitative estimate of drug-likeness (QED) is 0.482. The maximum atomic E-state index is 15.1. The number of ether oxygens (including phenoxy) is 1. The normalized spacial score (nSPS) is 10.6. The third-order valence-electron chi connectivity index (χ3n) is 4.55. The number of carbonyl (C=O) groups is 1. The highest BCUT2D eigenvalue weighted by Crippen LogP contribution is 2.31. The molecule has 0 aliphatic heterocycles. The molecule has 30 heavy (non-hydrogen) atoms. The van der Waals surface area contributed by atoms with Gasteiger partial charge in [0.2, 0.25) is 11.8 Å². The van der Waals surface area contributed by atoms with E-state index in [1.165, 1.54) is 18.3 Å². The number of aryl methyl sites for hydroxylation is 1. The highest BCUT2D eigenvalue weighted by Gasteiger charge is 2.16. The molecule has 0 spiro atoms. The van der Waals surface area contributed by atoms with Crippen LogP contribution in [0.15, 0.2) is 66.9 Å². The second-order valence-corrected chi connectivity index (χ2v) is 6.67. The van der Waals surface area contributed by atoms with Gasteiger partial charge in [-0.15, -0.1) is 0 Å². The van der Waals surface area contributed by atoms with E-state index < -0.39 is 5.82 Å². The molecule has 0 aliphatic rings. The van der Waals surface area contributed by atoms with Crippen molar-refractivity contribution < 1.29 is 13.9 Å². The van der Waals surface area contributed by atoms with Crippen molar-refractivity contribution in [3.8, 4) is 11.6 Å². The van der Waals surface area contributed by atoms with Gasteiger partial charge in [-0.2, -0.15) is 4.98 Å². The fraction of sp³-hybridized carbons (Fsp3) is 0.0870. The van der Waals surface area contributed by atoms with Crippen molar-refractivity contribution in [3.63, 3.8) is 0 Å². The molecule has 0 saturated carbocycles. The fourth-order valence-corrected chi connectivity index (χ4v) is 3.13. The minimum Gasteiger partial charge on any atom is -0.436 e. The maximum absolute atomic E-state index is 15.1. The molecule has 7 heteroatoms. The van der Waals surface area contributed by atoms with Crippen molar-refractivity contribution >= 4 is 28.3 Å². The van der Waals surface area contributed by atoms with Crippen molar-refractivity contribution in [2.24, 2.45) is 0 Å². The molecule has 4 rings (SSSR count). The molecular weight excluding hydrogens is 383 g/mol. The Morgan fingerprint density at radius 3 is 2.67 bits per heavy atom. The molecule has 1 heterocycles. The summed E-state index contributed by atoms with van der Waals surface area (Å²) in [7, 11) is 1.68. The lowest BCUT2D eigenvalue weighted by atomic mass is 10.0. The summed E-state index contributed by atoms with van der Waals surface area (Å²) in [5, 5.41) is 6.44. The Bertz CT molecular complexity index is 1240. The highest BCUT2D eigenvalue weighted by atomic mass is 19.1. The van der Waals surface area contributed by atoms with Crippen LogP contribution in [0.2, 0.25) is 0 Å². The Balaban J connectivity index is 1.67. The number of fused-ring (bicyclic) bond motifs is 1. The Morgan fingerprint density at radius 2 is 1.87 bits per heavy atom. The molecule has 0 fully saturated rings. The van der Waals surface area contributed by atoms with E-state index in [0.717, 1.165) is 5.56 Å². The SMILES string of the molecule is CNc1nccc(Oc2ccc3c(C(=O)Nc4cccc(C)c4)cccc3c2F)n1. The molecule has 3 aromatic carbocycles. The van der Waals surface area contributed by atoms with Crippen molar-refractivity contribution in [1.82, 2.24) is 9.97 Å². The van der Waals surface area contributed by atoms with E-state index in [1.54, 1.807) is 31.3 Å². The number of nitrogens with zero attached hydrogens (tertiary/aromatic N) is 2. The first-order valence-corrected chi connectivity index (χ1v) is 9.33. The van der Waals surface area contributed by atoms with Crippen molar-refractivity contribution in [2.45, 2.75) is 6.92 Å². The van der Waals surface area contributed by atoms with Crippen LogP contribution in [0.5, 0.6) is 11.6 Å². The van der Waals surface area contributed by atoms with E-state index in [-0.39, 0.29) is 22.9 Å². The van der Waals surface area contributed by atoms with Crippen LogP contribution in [0.3, 0.4) is 0 Å². The van der Waals surface area contributed by atoms with Crippen LogP contribution in [-0.4, -0.2) is 22.9 Å². The second kappa shape index (κ2) is 8.16. The molecule has 0 unspecified atom stereocenters. The van der Waals surface area contributed by atoms with E-state index in [0.29, 0.717) is 22.6 Å². The second-order valence-electron chi connectivity index (χ2n) is 6.67. The minimum atomic E-state index is -0.567. The summed E-state index contributed by atoms with van der Waals surface area (Å²) in [5.74, 6) is -0.291. The zero-order valence-corrected chi connectivity index (χ0v) is 16.4. The van der Waals surface area contributed by atoms with E-state index in [4.69, 9.17) is 4.74 Å². The standard InChI is InChI=1S/C23H19FN4O2/c1-14-5-3-6-15(13-14)27-22(29)18-8-4-7-17-16(18)9-10-19(21(17)24)30-20-11-12-26-23(25-2)28-20/h3-13H,1-2H3,(H,27,29)(H,25,26,28). The van der Waals surface area contributed by atoms with Gasteiger partial charge in [-0.3, -0.25) is 4.79 Å². The topological polar surface area (TPSA) is 76.1 Å². The summed E-state index contributed by atoms with van der Waals surface area (Å²) >= 11 is 0. The predicted molar refractivity (Wildman–Crippen MR) is 115 cm³/mol. The number of anilines is 2. The van der Waals surface area contributed by atoms with Crippen molar-refractivity contribution in [2.75, 3.05) is 17.7 Å². The number of amides is 1. The van der Waals surface area contributed by atoms with Crippen LogP contribution >= 0.6 is 0 Å². The molecule has 0 radical (unpaired) electrons. The molecule has 6 nitrogen and oxygen atoms in total. The van der Waals surface area contributed by atoms with Gasteiger partial charge in [0.25, 0.3) is 5.91 Å². The van der Waals surface area contributed by atoms with Gasteiger partial charge in [0, 0.05) is 35.9 Å². The van der Waals surface area contributed by atoms with Crippen LogP contribution in [0.1, 0.15) is 15.9 Å². The molecule has 1 amide bonds. The highest BCUT2D eigenvalue weighted by molar-refractivity contribution is 6.13. The van der Waals surface area contributed by atoms with Gasteiger partial charge in [-0.25, -0.2) is 9.37 Å². The van der Waals surface area contributed by atoms with Gasteiger partial charge in [0.05, 0.1) is 0 Å². The third-order valence-corrected chi connectivity index (χ3v) is 4.55. The summed E-state index contributed by atoms with van der Waals surface area (Å²) in [4.78, 5) is 20.9. The minimum absolute atomic E-state index is 0.0134. The zero-order valence-electron chi connectivity index (χ0n) is 16.4. The number of nitrogens with one attached hydrogen (secondary N) is 2. The Labute approximate surface area is 172 Å². The molecule has 1 aromatic heterocycles. The molecule has 0 saturated heterocycles. The molecule has 0 aliphatic carbocycles. The lowest BCUT2D eigenvalue weighted by Crippen LogP contribution is -2.12. The summed E-state index contributed by atoms with van der Waals surface area (Å²) in [6.45, 7) is 1.95. The number of aromatic nitrogens is 2. The van der Waals surface area contributed by atoms with Gasteiger partial charge in [-0.1, -0.05) is 24.3 Å². The van der Waals surface area contributed by atoms with Gasteiger partial charge in [0.1, 0.15) is 0 Å². The van der Waals surface area contributed by atoms with Crippen LogP contribution in [0.4, 0.5) is 16.0 Å². The maximum Gasteiger partial charge on any atom is 0.256 e. The fourth-order valence-electron chi connectivity index (χ4n) is 3.13. The van der Waals surface area contributed by atoms with E-state index in [9.17, 15) is 4.79 Å². The van der Waals surface area contributed by atoms with E-state index in [2.05, 4.69) is 20.6 Å². The Kier molecular flexibility index (Phi) is 5.26. The monoisotopic (exact) mass is 402 g/mol. The largest absolute Gasteiger partial charge is 0.436 e. The zero-order chi connectivity index (χ0) is 21.1. The molecular formula is C23H19FN4O2. The molecule has 2 N–H and O–H groups in total. The van der Waals surface area contributed by atoms with Gasteiger partial charge < -0.3 is 15.4 Å². The van der Waals surface area contributed by atoms with Crippen LogP contribution in [0.25, 0.3) is 10.8 Å². The average Bonchev–Trinajstić information content (AvgIpc) is 2.75. The van der Waals surface area contributed by atoms with Crippen LogP contribution < -0.4 is 15.4 Å². The van der Waals surface area contributed by atoms with Crippen LogP contribution in [-0.2, 0) is 0 Å². The molecule has 0 bridgehead atoms. The smallest absolute Gasteiger partial charge is 0.256 e. The van der Waals surface area contributed by atoms with E-state index >= 15 is 4.39 Å². The van der Waals surface area contributed by atoms with Crippen molar-refractivity contribution in [1.29, 1.82) is 0 Å². The van der Waals surface area contributed by atoms with E-state index in [1.807, 2.05) is 31.2 Å². The summed E-state index contributed by atoms with van der Waals surface area (Å²) in [5.41, 5.74) is 2.09. The lowest BCUT2D eigenvalue weighted by molar-refractivity contribution is 0.102. The average molecular weight is 402 g/mol. The number of carbonyl (C=O) groups excluding carboxylic acids is 1. The van der Waals surface area contributed by atoms with Gasteiger partial charge >= 0.3 is 0 Å². The number of hydrogen-bond acceptors (Lipinski definition) is 5. The number of rotatable bonds is 5.